The van der Waals surface area contributed by atoms with Gasteiger partial charge in [0, 0.05) is 38.9 Å². The van der Waals surface area contributed by atoms with Crippen molar-refractivity contribution < 1.29 is 19.8 Å². The maximum Gasteiger partial charge on any atom is 0.414 e. The van der Waals surface area contributed by atoms with Crippen molar-refractivity contribution in [2.75, 3.05) is 37.6 Å². The quantitative estimate of drug-likeness (QED) is 0.570. The van der Waals surface area contributed by atoms with Crippen LogP contribution < -0.4 is 4.90 Å². The molecule has 1 aromatic heterocycles. The molecule has 1 saturated heterocycles. The third-order valence-corrected chi connectivity index (χ3v) is 4.32. The Morgan fingerprint density at radius 3 is 2.18 bits per heavy atom. The van der Waals surface area contributed by atoms with Crippen LogP contribution in [0.5, 0.6) is 0 Å². The summed E-state index contributed by atoms with van der Waals surface area (Å²) in [5, 5.41) is 14.8. The van der Waals surface area contributed by atoms with E-state index in [0.29, 0.717) is 0 Å². The van der Waals surface area contributed by atoms with E-state index < -0.39 is 11.9 Å². The van der Waals surface area contributed by atoms with E-state index in [9.17, 15) is 0 Å². The molecular formula is C21H31N3O4. The van der Waals surface area contributed by atoms with Crippen molar-refractivity contribution in [3.63, 3.8) is 0 Å². The zero-order valence-corrected chi connectivity index (χ0v) is 17.0. The van der Waals surface area contributed by atoms with Crippen molar-refractivity contribution in [3.05, 3.63) is 47.7 Å². The molecule has 2 N–H and O–H groups in total. The van der Waals surface area contributed by atoms with E-state index in [-0.39, 0.29) is 0 Å². The fraction of sp³-hybridized carbons (Fsp3) is 0.476. The highest BCUT2D eigenvalue weighted by Crippen LogP contribution is 2.13. The van der Waals surface area contributed by atoms with E-state index in [2.05, 4.69) is 59.8 Å². The van der Waals surface area contributed by atoms with Crippen LogP contribution in [-0.4, -0.2) is 64.8 Å². The molecule has 2 heterocycles. The first-order valence-corrected chi connectivity index (χ1v) is 9.43. The highest BCUT2D eigenvalue weighted by Gasteiger charge is 2.16. The van der Waals surface area contributed by atoms with Crippen LogP contribution in [0.2, 0.25) is 0 Å². The fourth-order valence-corrected chi connectivity index (χ4v) is 2.68. The summed E-state index contributed by atoms with van der Waals surface area (Å²) in [6, 6.07) is 6.14. The Labute approximate surface area is 167 Å². The predicted molar refractivity (Wildman–Crippen MR) is 111 cm³/mol. The molecule has 0 aromatic carbocycles. The first-order chi connectivity index (χ1) is 13.3. The van der Waals surface area contributed by atoms with Crippen LogP contribution in [0.25, 0.3) is 0 Å². The molecule has 7 heteroatoms. The Morgan fingerprint density at radius 1 is 1.04 bits per heavy atom. The number of pyridine rings is 1. The lowest BCUT2D eigenvalue weighted by molar-refractivity contribution is -0.159. The van der Waals surface area contributed by atoms with Gasteiger partial charge in [0.25, 0.3) is 0 Å². The van der Waals surface area contributed by atoms with Gasteiger partial charge in [0.1, 0.15) is 5.82 Å². The molecule has 0 atom stereocenters. The molecule has 0 radical (unpaired) electrons. The summed E-state index contributed by atoms with van der Waals surface area (Å²) in [4.78, 5) is 27.5. The normalized spacial score (nSPS) is 14.7. The molecule has 0 amide bonds. The minimum atomic E-state index is -1.82. The number of piperazine rings is 1. The number of carboxylic acid groups (broad SMARTS) is 2. The summed E-state index contributed by atoms with van der Waals surface area (Å²) in [6.07, 6.45) is 8.94. The number of aliphatic carboxylic acids is 2. The molecule has 154 valence electrons. The molecule has 1 aromatic rings. The van der Waals surface area contributed by atoms with Crippen molar-refractivity contribution in [2.24, 2.45) is 0 Å². The Kier molecular flexibility index (Phi) is 10.6. The third kappa shape index (κ3) is 9.87. The largest absolute Gasteiger partial charge is 0.473 e. The number of hydrogen-bond donors (Lipinski definition) is 2. The minimum absolute atomic E-state index is 1.07. The SMILES string of the molecule is CC(C)=CCC/C(C)=C/CN1CCN(c2ccccn2)CC1.O=C(O)C(=O)O. The molecule has 0 bridgehead atoms. The van der Waals surface area contributed by atoms with Gasteiger partial charge in [-0.1, -0.05) is 29.4 Å². The zero-order valence-electron chi connectivity index (χ0n) is 17.0. The lowest BCUT2D eigenvalue weighted by atomic mass is 10.1. The van der Waals surface area contributed by atoms with Crippen LogP contribution >= 0.6 is 0 Å². The van der Waals surface area contributed by atoms with Crippen molar-refractivity contribution in [1.82, 2.24) is 9.88 Å². The minimum Gasteiger partial charge on any atom is -0.473 e. The van der Waals surface area contributed by atoms with Crippen LogP contribution in [0.1, 0.15) is 33.6 Å². The molecule has 0 unspecified atom stereocenters. The van der Waals surface area contributed by atoms with Crippen molar-refractivity contribution in [3.8, 4) is 0 Å². The Hall–Kier alpha value is -2.67. The van der Waals surface area contributed by atoms with E-state index in [1.54, 1.807) is 0 Å². The van der Waals surface area contributed by atoms with Gasteiger partial charge in [-0.2, -0.15) is 0 Å². The van der Waals surface area contributed by atoms with E-state index in [1.165, 1.54) is 17.6 Å². The lowest BCUT2D eigenvalue weighted by Crippen LogP contribution is -2.46. The molecule has 1 aliphatic heterocycles. The summed E-state index contributed by atoms with van der Waals surface area (Å²) >= 11 is 0. The van der Waals surface area contributed by atoms with Crippen molar-refractivity contribution in [1.29, 1.82) is 0 Å². The van der Waals surface area contributed by atoms with Gasteiger partial charge in [-0.25, -0.2) is 14.6 Å². The number of nitrogens with zero attached hydrogens (tertiary/aromatic N) is 3. The number of hydrogen-bond acceptors (Lipinski definition) is 5. The zero-order chi connectivity index (χ0) is 20.9. The maximum atomic E-state index is 9.10. The van der Waals surface area contributed by atoms with Crippen molar-refractivity contribution >= 4 is 17.8 Å². The average molecular weight is 389 g/mol. The average Bonchev–Trinajstić information content (AvgIpc) is 2.67. The number of aromatic nitrogens is 1. The van der Waals surface area contributed by atoms with Crippen LogP contribution in [-0.2, 0) is 9.59 Å². The molecule has 0 aliphatic carbocycles. The van der Waals surface area contributed by atoms with Crippen LogP contribution in [0.15, 0.2) is 47.7 Å². The first-order valence-electron chi connectivity index (χ1n) is 9.43. The number of allylic oxidation sites excluding steroid dienone is 3. The highest BCUT2D eigenvalue weighted by atomic mass is 16.4. The monoisotopic (exact) mass is 389 g/mol. The number of anilines is 1. The van der Waals surface area contributed by atoms with Gasteiger partial charge in [-0.05, 0) is 45.7 Å². The molecule has 28 heavy (non-hydrogen) atoms. The van der Waals surface area contributed by atoms with E-state index in [4.69, 9.17) is 19.8 Å². The van der Waals surface area contributed by atoms with E-state index >= 15 is 0 Å². The maximum absolute atomic E-state index is 9.10. The summed E-state index contributed by atoms with van der Waals surface area (Å²) in [7, 11) is 0. The molecule has 0 saturated carbocycles. The summed E-state index contributed by atoms with van der Waals surface area (Å²) in [5.41, 5.74) is 2.92. The van der Waals surface area contributed by atoms with E-state index in [0.717, 1.165) is 45.0 Å². The number of rotatable bonds is 6. The van der Waals surface area contributed by atoms with Gasteiger partial charge in [-0.15, -0.1) is 0 Å². The second kappa shape index (κ2) is 12.7. The van der Waals surface area contributed by atoms with Crippen LogP contribution in [0.4, 0.5) is 5.82 Å². The summed E-state index contributed by atoms with van der Waals surface area (Å²) in [5.74, 6) is -2.54. The number of carboxylic acids is 2. The van der Waals surface area contributed by atoms with Gasteiger partial charge in [0.2, 0.25) is 0 Å². The molecule has 1 aliphatic rings. The molecule has 7 nitrogen and oxygen atoms in total. The van der Waals surface area contributed by atoms with Gasteiger partial charge in [-0.3, -0.25) is 4.90 Å². The summed E-state index contributed by atoms with van der Waals surface area (Å²) < 4.78 is 0. The summed E-state index contributed by atoms with van der Waals surface area (Å²) in [6.45, 7) is 12.0. The predicted octanol–water partition coefficient (Wildman–Crippen LogP) is 3.05. The lowest BCUT2D eigenvalue weighted by Gasteiger charge is -2.34. The Bertz CT molecular complexity index is 662. The number of carbonyl (C=O) groups is 2. The van der Waals surface area contributed by atoms with Crippen molar-refractivity contribution in [2.45, 2.75) is 33.6 Å². The van der Waals surface area contributed by atoms with E-state index in [1.807, 2.05) is 12.3 Å². The standard InChI is InChI=1S/C19H29N3.C2H2O4/c1-17(2)7-6-8-18(3)10-12-21-13-15-22(16-14-21)19-9-4-5-11-20-19;3-1(4)2(5)6/h4-5,7,9-11H,6,8,12-16H2,1-3H3;(H,3,4)(H,5,6)/b18-10+;. The van der Waals surface area contributed by atoms with Gasteiger partial charge < -0.3 is 15.1 Å². The van der Waals surface area contributed by atoms with Crippen LogP contribution in [0.3, 0.4) is 0 Å². The second-order valence-corrected chi connectivity index (χ2v) is 6.96. The highest BCUT2D eigenvalue weighted by molar-refractivity contribution is 6.27. The molecule has 1 fully saturated rings. The van der Waals surface area contributed by atoms with Gasteiger partial charge in [0.05, 0.1) is 0 Å². The Morgan fingerprint density at radius 2 is 1.68 bits per heavy atom. The smallest absolute Gasteiger partial charge is 0.414 e. The van der Waals surface area contributed by atoms with Crippen LogP contribution in [0, 0.1) is 0 Å². The topological polar surface area (TPSA) is 94.0 Å². The third-order valence-electron chi connectivity index (χ3n) is 4.32. The second-order valence-electron chi connectivity index (χ2n) is 6.96. The molecule has 2 rings (SSSR count). The molecular weight excluding hydrogens is 358 g/mol. The fourth-order valence-electron chi connectivity index (χ4n) is 2.68. The Balaban J connectivity index is 0.000000568. The molecule has 0 spiro atoms. The first kappa shape index (κ1) is 23.4. The van der Waals surface area contributed by atoms with Gasteiger partial charge >= 0.3 is 11.9 Å². The van der Waals surface area contributed by atoms with Gasteiger partial charge in [0.15, 0.2) is 0 Å².